The molecule has 2 rings (SSSR count). The van der Waals surface area contributed by atoms with E-state index in [1.807, 2.05) is 20.9 Å². The van der Waals surface area contributed by atoms with Gasteiger partial charge in [0.1, 0.15) is 5.82 Å². The summed E-state index contributed by atoms with van der Waals surface area (Å²) in [6, 6.07) is 6.16. The third kappa shape index (κ3) is 3.04. The van der Waals surface area contributed by atoms with Crippen molar-refractivity contribution in [1.29, 1.82) is 0 Å². The van der Waals surface area contributed by atoms with Gasteiger partial charge in [-0.25, -0.2) is 4.39 Å². The molecule has 2 aromatic rings. The monoisotopic (exact) mass is 275 g/mol. The van der Waals surface area contributed by atoms with Gasteiger partial charge < -0.3 is 5.32 Å². The Labute approximate surface area is 117 Å². The standard InChI is InChI=1S/C15H18FN3O/c1-10(13-9-17-19(3)11(13)2)18-15(20)8-12-6-4-5-7-14(12)16/h4-7,9-10H,8H2,1-3H3,(H,18,20)/t10-/m1/s1. The van der Waals surface area contributed by atoms with Gasteiger partial charge in [0.25, 0.3) is 0 Å². The summed E-state index contributed by atoms with van der Waals surface area (Å²) < 4.78 is 15.2. The maximum Gasteiger partial charge on any atom is 0.225 e. The first kappa shape index (κ1) is 14.2. The number of rotatable bonds is 4. The number of hydrogen-bond donors (Lipinski definition) is 1. The van der Waals surface area contributed by atoms with E-state index in [1.54, 1.807) is 29.1 Å². The molecule has 5 heteroatoms. The molecule has 0 radical (unpaired) electrons. The summed E-state index contributed by atoms with van der Waals surface area (Å²) in [5.41, 5.74) is 2.37. The minimum Gasteiger partial charge on any atom is -0.349 e. The first-order valence-corrected chi connectivity index (χ1v) is 6.50. The summed E-state index contributed by atoms with van der Waals surface area (Å²) in [7, 11) is 1.85. The Bertz CT molecular complexity index is 621. The summed E-state index contributed by atoms with van der Waals surface area (Å²) in [5.74, 6) is -0.557. The van der Waals surface area contributed by atoms with Gasteiger partial charge in [-0.3, -0.25) is 9.48 Å². The molecule has 0 aliphatic carbocycles. The summed E-state index contributed by atoms with van der Waals surface area (Å²) in [4.78, 5) is 12.0. The van der Waals surface area contributed by atoms with E-state index in [1.165, 1.54) is 6.07 Å². The molecule has 1 N–H and O–H groups in total. The van der Waals surface area contributed by atoms with Crippen LogP contribution in [0.15, 0.2) is 30.5 Å². The lowest BCUT2D eigenvalue weighted by Crippen LogP contribution is -2.28. The number of halogens is 1. The van der Waals surface area contributed by atoms with Gasteiger partial charge >= 0.3 is 0 Å². The topological polar surface area (TPSA) is 46.9 Å². The summed E-state index contributed by atoms with van der Waals surface area (Å²) in [6.07, 6.45) is 1.78. The molecule has 0 aliphatic rings. The fourth-order valence-corrected chi connectivity index (χ4v) is 2.13. The molecule has 0 saturated heterocycles. The Balaban J connectivity index is 2.02. The predicted octanol–water partition coefficient (Wildman–Crippen LogP) is 2.29. The van der Waals surface area contributed by atoms with Crippen LogP contribution in [0.25, 0.3) is 0 Å². The Hall–Kier alpha value is -2.17. The largest absolute Gasteiger partial charge is 0.349 e. The second kappa shape index (κ2) is 5.86. The number of carbonyl (C=O) groups excluding carboxylic acids is 1. The van der Waals surface area contributed by atoms with E-state index >= 15 is 0 Å². The third-order valence-corrected chi connectivity index (χ3v) is 3.43. The van der Waals surface area contributed by atoms with Crippen molar-refractivity contribution in [2.75, 3.05) is 0 Å². The number of hydrogen-bond acceptors (Lipinski definition) is 2. The van der Waals surface area contributed by atoms with Crippen LogP contribution in [0.1, 0.15) is 29.8 Å². The van der Waals surface area contributed by atoms with E-state index in [0.29, 0.717) is 5.56 Å². The molecule has 0 saturated carbocycles. The average molecular weight is 275 g/mol. The lowest BCUT2D eigenvalue weighted by molar-refractivity contribution is -0.121. The van der Waals surface area contributed by atoms with Crippen molar-refractivity contribution in [3.8, 4) is 0 Å². The maximum atomic E-state index is 13.5. The van der Waals surface area contributed by atoms with Crippen LogP contribution in [-0.4, -0.2) is 15.7 Å². The zero-order valence-electron chi connectivity index (χ0n) is 11.9. The Kier molecular flexibility index (Phi) is 4.17. The molecule has 1 aromatic carbocycles. The van der Waals surface area contributed by atoms with E-state index in [-0.39, 0.29) is 24.2 Å². The molecule has 1 amide bonds. The van der Waals surface area contributed by atoms with Crippen LogP contribution in [0.5, 0.6) is 0 Å². The zero-order chi connectivity index (χ0) is 14.7. The van der Waals surface area contributed by atoms with Crippen molar-refractivity contribution in [1.82, 2.24) is 15.1 Å². The van der Waals surface area contributed by atoms with Crippen molar-refractivity contribution in [3.05, 3.63) is 53.1 Å². The molecule has 0 fully saturated rings. The molecular weight excluding hydrogens is 257 g/mol. The molecule has 1 heterocycles. The average Bonchev–Trinajstić information content (AvgIpc) is 2.73. The van der Waals surface area contributed by atoms with Gasteiger partial charge in [-0.1, -0.05) is 18.2 Å². The van der Waals surface area contributed by atoms with E-state index < -0.39 is 0 Å². The summed E-state index contributed by atoms with van der Waals surface area (Å²) >= 11 is 0. The molecule has 1 atom stereocenters. The van der Waals surface area contributed by atoms with E-state index in [2.05, 4.69) is 10.4 Å². The van der Waals surface area contributed by atoms with Gasteiger partial charge in [0, 0.05) is 18.3 Å². The van der Waals surface area contributed by atoms with Crippen molar-refractivity contribution < 1.29 is 9.18 Å². The number of carbonyl (C=O) groups is 1. The van der Waals surface area contributed by atoms with Gasteiger partial charge in [-0.15, -0.1) is 0 Å². The highest BCUT2D eigenvalue weighted by atomic mass is 19.1. The van der Waals surface area contributed by atoms with Crippen LogP contribution in [0, 0.1) is 12.7 Å². The van der Waals surface area contributed by atoms with Gasteiger partial charge in [0.15, 0.2) is 0 Å². The molecular formula is C15H18FN3O. The second-order valence-corrected chi connectivity index (χ2v) is 4.87. The first-order valence-electron chi connectivity index (χ1n) is 6.50. The van der Waals surface area contributed by atoms with Crippen LogP contribution in [0.4, 0.5) is 4.39 Å². The van der Waals surface area contributed by atoms with Crippen LogP contribution in [-0.2, 0) is 18.3 Å². The highest BCUT2D eigenvalue weighted by Gasteiger charge is 2.15. The lowest BCUT2D eigenvalue weighted by atomic mass is 10.1. The second-order valence-electron chi connectivity index (χ2n) is 4.87. The fourth-order valence-electron chi connectivity index (χ4n) is 2.13. The Morgan fingerprint density at radius 1 is 1.45 bits per heavy atom. The molecule has 0 spiro atoms. The molecule has 106 valence electrons. The number of nitrogens with zero attached hydrogens (tertiary/aromatic N) is 2. The van der Waals surface area contributed by atoms with Crippen molar-refractivity contribution >= 4 is 5.91 Å². The van der Waals surface area contributed by atoms with Crippen LogP contribution in [0.2, 0.25) is 0 Å². The highest BCUT2D eigenvalue weighted by molar-refractivity contribution is 5.79. The van der Waals surface area contributed by atoms with Gasteiger partial charge in [-0.2, -0.15) is 5.10 Å². The SMILES string of the molecule is Cc1c([C@@H](C)NC(=O)Cc2ccccc2F)cnn1C. The Morgan fingerprint density at radius 3 is 2.75 bits per heavy atom. The lowest BCUT2D eigenvalue weighted by Gasteiger charge is -2.14. The highest BCUT2D eigenvalue weighted by Crippen LogP contribution is 2.16. The number of amides is 1. The van der Waals surface area contributed by atoms with E-state index in [0.717, 1.165) is 11.3 Å². The number of benzene rings is 1. The molecule has 0 bridgehead atoms. The van der Waals surface area contributed by atoms with E-state index in [9.17, 15) is 9.18 Å². The van der Waals surface area contributed by atoms with Gasteiger partial charge in [-0.05, 0) is 25.5 Å². The van der Waals surface area contributed by atoms with E-state index in [4.69, 9.17) is 0 Å². The molecule has 0 aliphatic heterocycles. The smallest absolute Gasteiger partial charge is 0.225 e. The van der Waals surface area contributed by atoms with Crippen molar-refractivity contribution in [2.24, 2.45) is 7.05 Å². The van der Waals surface area contributed by atoms with Crippen LogP contribution >= 0.6 is 0 Å². The third-order valence-electron chi connectivity index (χ3n) is 3.43. The predicted molar refractivity (Wildman–Crippen MR) is 74.6 cm³/mol. The molecule has 0 unspecified atom stereocenters. The minimum atomic E-state index is -0.354. The quantitative estimate of drug-likeness (QED) is 0.930. The minimum absolute atomic E-state index is 0.0380. The number of aromatic nitrogens is 2. The molecule has 4 nitrogen and oxygen atoms in total. The van der Waals surface area contributed by atoms with Crippen molar-refractivity contribution in [2.45, 2.75) is 26.3 Å². The van der Waals surface area contributed by atoms with Crippen molar-refractivity contribution in [3.63, 3.8) is 0 Å². The first-order chi connectivity index (χ1) is 9.49. The summed E-state index contributed by atoms with van der Waals surface area (Å²) in [6.45, 7) is 3.84. The number of aryl methyl sites for hydroxylation is 1. The maximum absolute atomic E-state index is 13.5. The fraction of sp³-hybridized carbons (Fsp3) is 0.333. The number of nitrogens with one attached hydrogen (secondary N) is 1. The van der Waals surface area contributed by atoms with Gasteiger partial charge in [0.2, 0.25) is 5.91 Å². The normalized spacial score (nSPS) is 12.2. The van der Waals surface area contributed by atoms with Crippen LogP contribution < -0.4 is 5.32 Å². The molecule has 20 heavy (non-hydrogen) atoms. The van der Waals surface area contributed by atoms with Crippen LogP contribution in [0.3, 0.4) is 0 Å². The molecule has 1 aromatic heterocycles. The summed E-state index contributed by atoms with van der Waals surface area (Å²) in [5, 5.41) is 7.02. The zero-order valence-corrected chi connectivity index (χ0v) is 11.9. The van der Waals surface area contributed by atoms with Gasteiger partial charge in [0.05, 0.1) is 18.7 Å². The Morgan fingerprint density at radius 2 is 2.15 bits per heavy atom.